The average Bonchev–Trinajstić information content (AvgIpc) is 3.05. The number of carbonyl (C=O) groups excluding carboxylic acids is 4. The average molecular weight is 622 g/mol. The Morgan fingerprint density at radius 1 is 0.844 bits per heavy atom. The lowest BCUT2D eigenvalue weighted by Crippen LogP contribution is -2.45. The number of amides is 3. The van der Waals surface area contributed by atoms with Gasteiger partial charge in [-0.1, -0.05) is 72.8 Å². The van der Waals surface area contributed by atoms with Gasteiger partial charge >= 0.3 is 12.1 Å². The second-order valence-corrected chi connectivity index (χ2v) is 10.8. The lowest BCUT2D eigenvalue weighted by Gasteiger charge is -2.23. The number of carbonyl (C=O) groups is 4. The van der Waals surface area contributed by atoms with Gasteiger partial charge in [0.1, 0.15) is 13.2 Å². The van der Waals surface area contributed by atoms with Gasteiger partial charge in [-0.25, -0.2) is 4.79 Å². The first-order valence-corrected chi connectivity index (χ1v) is 15.4. The molecule has 0 heterocycles. The summed E-state index contributed by atoms with van der Waals surface area (Å²) in [5.74, 6) is -1.81. The Kier molecular flexibility index (Phi) is 18.1. The SMILES string of the molecule is C=CCCC(=O)OC[C@H](CCCCNC(=O)OCc1ccccc1)NC(=O)[C@H](CC=C)CC(=O)N[C@@H](CO)Cc1ccccc1. The number of alkyl carbamates (subject to hydrolysis) is 1. The second-order valence-electron chi connectivity index (χ2n) is 10.8. The number of ether oxygens (including phenoxy) is 2. The minimum atomic E-state index is -0.696. The third-order valence-corrected chi connectivity index (χ3v) is 6.97. The van der Waals surface area contributed by atoms with E-state index < -0.39 is 30.1 Å². The van der Waals surface area contributed by atoms with Crippen molar-refractivity contribution in [2.75, 3.05) is 19.8 Å². The molecule has 0 aromatic heterocycles. The summed E-state index contributed by atoms with van der Waals surface area (Å²) < 4.78 is 10.6. The van der Waals surface area contributed by atoms with Crippen LogP contribution < -0.4 is 16.0 Å². The third-order valence-electron chi connectivity index (χ3n) is 6.97. The Morgan fingerprint density at radius 3 is 2.18 bits per heavy atom. The molecule has 4 N–H and O–H groups in total. The predicted molar refractivity (Wildman–Crippen MR) is 173 cm³/mol. The molecule has 0 spiro atoms. The zero-order valence-corrected chi connectivity index (χ0v) is 26.0. The van der Waals surface area contributed by atoms with Crippen LogP contribution in [0.1, 0.15) is 56.1 Å². The number of hydrogen-bond acceptors (Lipinski definition) is 7. The molecule has 2 aromatic carbocycles. The Bertz CT molecular complexity index is 1190. The number of unbranched alkanes of at least 4 members (excludes halogenated alkanes) is 1. The standard InChI is InChI=1S/C35H47N3O7/c1-3-5-20-33(41)44-26-30(19-12-13-21-36-35(43)45-25-28-17-10-7-11-18-28)38-34(42)29(14-4-2)23-32(40)37-31(24-39)22-27-15-8-6-9-16-27/h3-4,6-11,15-18,29-31,39H,1-2,5,12-14,19-26H2,(H,36,43)(H,37,40)(H,38,42)/t29-,30+,31-/m1/s1. The number of benzene rings is 2. The number of allylic oxidation sites excluding steroid dienone is 2. The Balaban J connectivity index is 1.88. The lowest BCUT2D eigenvalue weighted by molar-refractivity contribution is -0.145. The molecule has 0 aliphatic heterocycles. The van der Waals surface area contributed by atoms with Gasteiger partial charge in [0.2, 0.25) is 11.8 Å². The van der Waals surface area contributed by atoms with Crippen LogP contribution >= 0.6 is 0 Å². The molecule has 0 fully saturated rings. The van der Waals surface area contributed by atoms with E-state index in [1.54, 1.807) is 12.2 Å². The van der Waals surface area contributed by atoms with Crippen LogP contribution in [0.3, 0.4) is 0 Å². The summed E-state index contributed by atoms with van der Waals surface area (Å²) in [7, 11) is 0. The molecule has 10 nitrogen and oxygen atoms in total. The highest BCUT2D eigenvalue weighted by atomic mass is 16.5. The van der Waals surface area contributed by atoms with Gasteiger partial charge < -0.3 is 30.5 Å². The molecule has 0 saturated heterocycles. The molecule has 0 aliphatic rings. The van der Waals surface area contributed by atoms with E-state index in [1.807, 2.05) is 60.7 Å². The van der Waals surface area contributed by atoms with Gasteiger partial charge in [-0.05, 0) is 49.7 Å². The number of rotatable bonds is 22. The lowest BCUT2D eigenvalue weighted by atomic mass is 9.98. The van der Waals surface area contributed by atoms with Crippen molar-refractivity contribution in [3.8, 4) is 0 Å². The van der Waals surface area contributed by atoms with Crippen molar-refractivity contribution >= 4 is 23.9 Å². The van der Waals surface area contributed by atoms with Crippen molar-refractivity contribution in [2.45, 2.75) is 70.1 Å². The smallest absolute Gasteiger partial charge is 0.407 e. The molecule has 2 aromatic rings. The minimum Gasteiger partial charge on any atom is -0.463 e. The van der Waals surface area contributed by atoms with E-state index in [0.717, 1.165) is 11.1 Å². The highest BCUT2D eigenvalue weighted by Crippen LogP contribution is 2.13. The summed E-state index contributed by atoms with van der Waals surface area (Å²) in [6.07, 6.45) is 5.72. The van der Waals surface area contributed by atoms with Crippen LogP contribution in [0.25, 0.3) is 0 Å². The van der Waals surface area contributed by atoms with Crippen LogP contribution in [0.2, 0.25) is 0 Å². The number of aliphatic hydroxyl groups is 1. The molecule has 0 aliphatic carbocycles. The van der Waals surface area contributed by atoms with E-state index in [0.29, 0.717) is 38.6 Å². The van der Waals surface area contributed by atoms with E-state index in [1.165, 1.54) is 0 Å². The van der Waals surface area contributed by atoms with Gasteiger partial charge in [0.25, 0.3) is 0 Å². The highest BCUT2D eigenvalue weighted by molar-refractivity contribution is 5.86. The largest absolute Gasteiger partial charge is 0.463 e. The van der Waals surface area contributed by atoms with Crippen LogP contribution in [-0.4, -0.2) is 60.8 Å². The van der Waals surface area contributed by atoms with Crippen molar-refractivity contribution in [1.29, 1.82) is 0 Å². The van der Waals surface area contributed by atoms with E-state index in [2.05, 4.69) is 29.1 Å². The quantitative estimate of drug-likeness (QED) is 0.0868. The zero-order valence-electron chi connectivity index (χ0n) is 26.0. The van der Waals surface area contributed by atoms with E-state index in [9.17, 15) is 24.3 Å². The molecule has 2 rings (SSSR count). The summed E-state index contributed by atoms with van der Waals surface area (Å²) in [5, 5.41) is 18.3. The van der Waals surface area contributed by atoms with E-state index in [4.69, 9.17) is 9.47 Å². The van der Waals surface area contributed by atoms with Gasteiger partial charge in [0, 0.05) is 19.4 Å². The number of nitrogens with one attached hydrogen (secondary N) is 3. The van der Waals surface area contributed by atoms with Crippen LogP contribution in [0, 0.1) is 5.92 Å². The molecular weight excluding hydrogens is 574 g/mol. The summed E-state index contributed by atoms with van der Waals surface area (Å²) in [4.78, 5) is 50.3. The molecule has 0 radical (unpaired) electrons. The second kappa shape index (κ2) is 22.1. The fourth-order valence-corrected chi connectivity index (χ4v) is 4.54. The topological polar surface area (TPSA) is 143 Å². The van der Waals surface area contributed by atoms with Crippen molar-refractivity contribution < 1.29 is 33.8 Å². The summed E-state index contributed by atoms with van der Waals surface area (Å²) in [6, 6.07) is 17.9. The summed E-state index contributed by atoms with van der Waals surface area (Å²) >= 11 is 0. The first-order valence-electron chi connectivity index (χ1n) is 15.4. The predicted octanol–water partition coefficient (Wildman–Crippen LogP) is 4.38. The molecule has 0 saturated carbocycles. The zero-order chi connectivity index (χ0) is 32.7. The van der Waals surface area contributed by atoms with Gasteiger partial charge in [0.15, 0.2) is 0 Å². The minimum absolute atomic E-state index is 0.0229. The maximum atomic E-state index is 13.3. The van der Waals surface area contributed by atoms with Crippen molar-refractivity contribution in [3.63, 3.8) is 0 Å². The third kappa shape index (κ3) is 16.3. The Hall–Kier alpha value is -4.44. The van der Waals surface area contributed by atoms with Crippen molar-refractivity contribution in [1.82, 2.24) is 16.0 Å². The molecule has 3 atom stereocenters. The monoisotopic (exact) mass is 621 g/mol. The van der Waals surface area contributed by atoms with Crippen molar-refractivity contribution in [2.24, 2.45) is 5.92 Å². The van der Waals surface area contributed by atoms with Gasteiger partial charge in [-0.3, -0.25) is 14.4 Å². The van der Waals surface area contributed by atoms with Crippen LogP contribution in [0.5, 0.6) is 0 Å². The first kappa shape index (κ1) is 36.8. The summed E-state index contributed by atoms with van der Waals surface area (Å²) in [6.45, 7) is 7.63. The van der Waals surface area contributed by atoms with Crippen molar-refractivity contribution in [3.05, 3.63) is 97.1 Å². The molecular formula is C35H47N3O7. The van der Waals surface area contributed by atoms with Crippen LogP contribution in [0.4, 0.5) is 4.79 Å². The fourth-order valence-electron chi connectivity index (χ4n) is 4.54. The maximum absolute atomic E-state index is 13.3. The highest BCUT2D eigenvalue weighted by Gasteiger charge is 2.25. The van der Waals surface area contributed by atoms with Gasteiger partial charge in [-0.2, -0.15) is 0 Å². The van der Waals surface area contributed by atoms with Crippen LogP contribution in [-0.2, 0) is 36.9 Å². The molecule has 0 bridgehead atoms. The molecule has 45 heavy (non-hydrogen) atoms. The number of hydrogen-bond donors (Lipinski definition) is 4. The fraction of sp³-hybridized carbons (Fsp3) is 0.429. The molecule has 0 unspecified atom stereocenters. The van der Waals surface area contributed by atoms with Gasteiger partial charge in [0.05, 0.1) is 24.6 Å². The number of esters is 1. The Labute approximate surface area is 266 Å². The van der Waals surface area contributed by atoms with E-state index >= 15 is 0 Å². The maximum Gasteiger partial charge on any atom is 0.407 e. The molecule has 244 valence electrons. The number of aliphatic hydroxyl groups excluding tert-OH is 1. The summed E-state index contributed by atoms with van der Waals surface area (Å²) in [5.41, 5.74) is 1.86. The first-order chi connectivity index (χ1) is 21.8. The Morgan fingerprint density at radius 2 is 1.53 bits per heavy atom. The van der Waals surface area contributed by atoms with Gasteiger partial charge in [-0.15, -0.1) is 13.2 Å². The molecule has 10 heteroatoms. The molecule has 3 amide bonds. The van der Waals surface area contributed by atoms with E-state index in [-0.39, 0.29) is 50.9 Å². The normalized spacial score (nSPS) is 12.6. The van der Waals surface area contributed by atoms with Crippen LogP contribution in [0.15, 0.2) is 86.0 Å².